The molecule has 12 heteroatoms. The maximum Gasteiger partial charge on any atom is 0.311 e. The Balaban J connectivity index is 1.69. The normalized spacial score (nSPS) is 33.2. The Labute approximate surface area is 214 Å². The van der Waals surface area contributed by atoms with E-state index >= 15 is 0 Å². The Morgan fingerprint density at radius 1 is 1.11 bits per heavy atom. The van der Waals surface area contributed by atoms with Crippen LogP contribution in [-0.4, -0.2) is 101 Å². The van der Waals surface area contributed by atoms with E-state index in [2.05, 4.69) is 0 Å². The van der Waals surface area contributed by atoms with Crippen LogP contribution in [0.1, 0.15) is 18.9 Å². The minimum Gasteiger partial charge on any atom is -0.508 e. The average molecular weight is 527 g/mol. The van der Waals surface area contributed by atoms with Gasteiger partial charge in [-0.05, 0) is 30.2 Å². The van der Waals surface area contributed by atoms with Gasteiger partial charge in [0.1, 0.15) is 30.2 Å². The van der Waals surface area contributed by atoms with Gasteiger partial charge in [0.15, 0.2) is 12.6 Å². The second-order valence-electron chi connectivity index (χ2n) is 8.86. The van der Waals surface area contributed by atoms with E-state index in [1.807, 2.05) is 0 Å². The molecule has 2 saturated heterocycles. The first-order chi connectivity index (χ1) is 17.7. The van der Waals surface area contributed by atoms with Crippen LogP contribution < -0.4 is 0 Å². The lowest BCUT2D eigenvalue weighted by Gasteiger charge is -2.43. The Morgan fingerprint density at radius 3 is 2.43 bits per heavy atom. The van der Waals surface area contributed by atoms with Gasteiger partial charge in [-0.15, -0.1) is 0 Å². The molecule has 3 rings (SSSR count). The molecule has 2 fully saturated rings. The van der Waals surface area contributed by atoms with Crippen molar-refractivity contribution < 1.29 is 58.8 Å². The Hall–Kier alpha value is -2.58. The van der Waals surface area contributed by atoms with Gasteiger partial charge in [0.2, 0.25) is 0 Å². The molecule has 2 heterocycles. The second kappa shape index (κ2) is 13.3. The molecule has 8 atom stereocenters. The van der Waals surface area contributed by atoms with E-state index in [-0.39, 0.29) is 25.4 Å². The Bertz CT molecular complexity index is 930. The van der Waals surface area contributed by atoms with E-state index in [9.17, 15) is 35.1 Å². The molecule has 1 aromatic carbocycles. The van der Waals surface area contributed by atoms with Crippen LogP contribution in [0.25, 0.3) is 0 Å². The summed E-state index contributed by atoms with van der Waals surface area (Å²) >= 11 is 0. The van der Waals surface area contributed by atoms with Gasteiger partial charge in [0.25, 0.3) is 0 Å². The number of methoxy groups -OCH3 is 1. The molecule has 12 nitrogen and oxygen atoms in total. The lowest BCUT2D eigenvalue weighted by atomic mass is 9.81. The first kappa shape index (κ1) is 29.0. The molecule has 0 unspecified atom stereocenters. The van der Waals surface area contributed by atoms with Crippen molar-refractivity contribution in [2.24, 2.45) is 11.8 Å². The third-order valence-corrected chi connectivity index (χ3v) is 6.53. The summed E-state index contributed by atoms with van der Waals surface area (Å²) in [7, 11) is 1.22. The molecule has 37 heavy (non-hydrogen) atoms. The number of hydrogen-bond acceptors (Lipinski definition) is 12. The standard InChI is InChI=1S/C25H34O12/c1-3-15-16(10-19(28)34-9-8-13-4-6-14(27)7-5-13)17(23(32)33-2)12-35-24(15)37-25-22(31)21(30)20(29)18(11-26)36-25/h3-7,16-18,20-22,24-27,29-31H,8-12H2,1-2H3/b15-3-/t16-,17+,18+,20+,21-,22+,24+,25-/m0/s1. The summed E-state index contributed by atoms with van der Waals surface area (Å²) in [5, 5.41) is 49.2. The summed E-state index contributed by atoms with van der Waals surface area (Å²) in [5.74, 6) is -2.58. The highest BCUT2D eigenvalue weighted by molar-refractivity contribution is 5.76. The number of allylic oxidation sites excluding steroid dienone is 1. The van der Waals surface area contributed by atoms with Crippen molar-refractivity contribution >= 4 is 11.9 Å². The van der Waals surface area contributed by atoms with Crippen molar-refractivity contribution in [3.05, 3.63) is 41.5 Å². The van der Waals surface area contributed by atoms with E-state index in [0.717, 1.165) is 5.56 Å². The number of benzene rings is 1. The van der Waals surface area contributed by atoms with Gasteiger partial charge in [-0.1, -0.05) is 18.2 Å². The number of hydrogen-bond donors (Lipinski definition) is 5. The van der Waals surface area contributed by atoms with E-state index in [1.54, 1.807) is 25.1 Å². The van der Waals surface area contributed by atoms with E-state index in [0.29, 0.717) is 12.0 Å². The SMILES string of the molecule is C/C=C1\[C@@H](O[C@@H]2O[C@H](CO)[C@@H](O)[C@H](O)[C@H]2O)OC[C@@H](C(=O)OC)[C@H]1CC(=O)OCCc1ccc(O)cc1. The Morgan fingerprint density at radius 2 is 1.81 bits per heavy atom. The summed E-state index contributed by atoms with van der Waals surface area (Å²) in [6.07, 6.45) is -6.81. The van der Waals surface area contributed by atoms with Gasteiger partial charge in [0, 0.05) is 12.3 Å². The minimum atomic E-state index is -1.65. The molecule has 0 radical (unpaired) electrons. The van der Waals surface area contributed by atoms with Crippen LogP contribution in [0.15, 0.2) is 35.9 Å². The third kappa shape index (κ3) is 7.05. The molecule has 2 aliphatic heterocycles. The smallest absolute Gasteiger partial charge is 0.311 e. The summed E-state index contributed by atoms with van der Waals surface area (Å²) in [4.78, 5) is 25.2. The zero-order valence-electron chi connectivity index (χ0n) is 20.6. The van der Waals surface area contributed by atoms with Gasteiger partial charge in [-0.2, -0.15) is 0 Å². The largest absolute Gasteiger partial charge is 0.508 e. The third-order valence-electron chi connectivity index (χ3n) is 6.53. The van der Waals surface area contributed by atoms with Crippen LogP contribution in [0.2, 0.25) is 0 Å². The molecule has 0 aliphatic carbocycles. The fourth-order valence-corrected chi connectivity index (χ4v) is 4.41. The lowest BCUT2D eigenvalue weighted by molar-refractivity contribution is -0.335. The number of rotatable bonds is 9. The molecule has 0 amide bonds. The van der Waals surface area contributed by atoms with Crippen molar-refractivity contribution in [3.63, 3.8) is 0 Å². The first-order valence-corrected chi connectivity index (χ1v) is 11.9. The van der Waals surface area contributed by atoms with Crippen molar-refractivity contribution in [2.45, 2.75) is 56.8 Å². The zero-order chi connectivity index (χ0) is 27.1. The van der Waals surface area contributed by atoms with Gasteiger partial charge in [0.05, 0.1) is 39.3 Å². The molecule has 0 bridgehead atoms. The van der Waals surface area contributed by atoms with Gasteiger partial charge in [-0.25, -0.2) is 0 Å². The highest BCUT2D eigenvalue weighted by atomic mass is 16.8. The maximum absolute atomic E-state index is 12.7. The quantitative estimate of drug-likeness (QED) is 0.204. The molecule has 0 aromatic heterocycles. The highest BCUT2D eigenvalue weighted by Gasteiger charge is 2.48. The number of aromatic hydroxyl groups is 1. The van der Waals surface area contributed by atoms with E-state index in [4.69, 9.17) is 23.7 Å². The minimum absolute atomic E-state index is 0.0890. The molecule has 5 N–H and O–H groups in total. The van der Waals surface area contributed by atoms with Crippen LogP contribution in [-0.2, 0) is 39.7 Å². The van der Waals surface area contributed by atoms with Crippen LogP contribution in [0.4, 0.5) is 0 Å². The van der Waals surface area contributed by atoms with E-state index < -0.39 is 67.4 Å². The predicted molar refractivity (Wildman–Crippen MR) is 125 cm³/mol. The molecule has 0 spiro atoms. The van der Waals surface area contributed by atoms with Gasteiger partial charge >= 0.3 is 11.9 Å². The fraction of sp³-hybridized carbons (Fsp3) is 0.600. The first-order valence-electron chi connectivity index (χ1n) is 11.9. The van der Waals surface area contributed by atoms with Gasteiger partial charge in [-0.3, -0.25) is 9.59 Å². The number of ether oxygens (including phenoxy) is 5. The fourth-order valence-electron chi connectivity index (χ4n) is 4.41. The number of phenolic OH excluding ortho intramolecular Hbond substituents is 1. The molecule has 1 aromatic rings. The number of phenols is 1. The summed E-state index contributed by atoms with van der Waals surface area (Å²) in [6.45, 7) is 0.949. The zero-order valence-corrected chi connectivity index (χ0v) is 20.6. The molecular weight excluding hydrogens is 492 g/mol. The summed E-state index contributed by atoms with van der Waals surface area (Å²) in [5.41, 5.74) is 1.26. The van der Waals surface area contributed by atoms with Crippen LogP contribution >= 0.6 is 0 Å². The number of aliphatic hydroxyl groups excluding tert-OH is 4. The van der Waals surface area contributed by atoms with Crippen LogP contribution in [0.5, 0.6) is 5.75 Å². The van der Waals surface area contributed by atoms with Crippen molar-refractivity contribution in [1.29, 1.82) is 0 Å². The molecule has 2 aliphatic rings. The lowest BCUT2D eigenvalue weighted by Crippen LogP contribution is -2.60. The summed E-state index contributed by atoms with van der Waals surface area (Å²) < 4.78 is 27.1. The topological polar surface area (TPSA) is 181 Å². The van der Waals surface area contributed by atoms with Gasteiger partial charge < -0.3 is 49.2 Å². The van der Waals surface area contributed by atoms with E-state index in [1.165, 1.54) is 19.2 Å². The van der Waals surface area contributed by atoms with Crippen molar-refractivity contribution in [3.8, 4) is 5.75 Å². The number of aliphatic hydroxyl groups is 4. The van der Waals surface area contributed by atoms with Crippen molar-refractivity contribution in [1.82, 2.24) is 0 Å². The van der Waals surface area contributed by atoms with Crippen LogP contribution in [0, 0.1) is 11.8 Å². The molecule has 206 valence electrons. The van der Waals surface area contributed by atoms with Crippen LogP contribution in [0.3, 0.4) is 0 Å². The number of carbonyl (C=O) groups is 2. The molecular formula is C25H34O12. The van der Waals surface area contributed by atoms with Crippen molar-refractivity contribution in [2.75, 3.05) is 26.9 Å². The monoisotopic (exact) mass is 526 g/mol. The second-order valence-corrected chi connectivity index (χ2v) is 8.86. The average Bonchev–Trinajstić information content (AvgIpc) is 2.89. The maximum atomic E-state index is 12.7. The predicted octanol–water partition coefficient (Wildman–Crippen LogP) is -0.607. The molecule has 0 saturated carbocycles. The Kier molecular flexibility index (Phi) is 10.4. The highest BCUT2D eigenvalue weighted by Crippen LogP contribution is 2.37. The summed E-state index contributed by atoms with van der Waals surface area (Å²) in [6, 6.07) is 6.50. The number of carbonyl (C=O) groups excluding carboxylic acids is 2. The number of esters is 2.